The van der Waals surface area contributed by atoms with Crippen LogP contribution in [-0.2, 0) is 0 Å². The van der Waals surface area contributed by atoms with Crippen molar-refractivity contribution in [2.75, 3.05) is 20.6 Å². The van der Waals surface area contributed by atoms with Crippen molar-refractivity contribution in [3.05, 3.63) is 22.4 Å². The van der Waals surface area contributed by atoms with Gasteiger partial charge in [-0.1, -0.05) is 38.7 Å². The molecule has 2 nitrogen and oxygen atoms in total. The molecule has 1 N–H and O–H groups in total. The van der Waals surface area contributed by atoms with E-state index in [2.05, 4.69) is 48.7 Å². The van der Waals surface area contributed by atoms with Crippen LogP contribution in [0.25, 0.3) is 0 Å². The largest absolute Gasteiger partial charge is 0.308 e. The van der Waals surface area contributed by atoms with E-state index < -0.39 is 0 Å². The minimum absolute atomic E-state index is 0.288. The molecule has 1 saturated carbocycles. The molecular formula is C17H30N2S. The van der Waals surface area contributed by atoms with Gasteiger partial charge in [-0.05, 0) is 51.3 Å². The third-order valence-electron chi connectivity index (χ3n) is 4.82. The third kappa shape index (κ3) is 3.44. The van der Waals surface area contributed by atoms with Crippen LogP contribution in [-0.4, -0.2) is 31.1 Å². The monoisotopic (exact) mass is 294 g/mol. The van der Waals surface area contributed by atoms with E-state index in [1.165, 1.54) is 49.8 Å². The summed E-state index contributed by atoms with van der Waals surface area (Å²) in [4.78, 5) is 4.01. The van der Waals surface area contributed by atoms with Crippen molar-refractivity contribution < 1.29 is 0 Å². The Labute approximate surface area is 128 Å². The quantitative estimate of drug-likeness (QED) is 0.780. The van der Waals surface area contributed by atoms with Gasteiger partial charge in [0.15, 0.2) is 0 Å². The van der Waals surface area contributed by atoms with Crippen LogP contribution < -0.4 is 5.32 Å². The summed E-state index contributed by atoms with van der Waals surface area (Å²) in [6, 6.07) is 4.99. The van der Waals surface area contributed by atoms with Gasteiger partial charge in [0.2, 0.25) is 0 Å². The molecule has 1 unspecified atom stereocenters. The second kappa shape index (κ2) is 7.58. The fourth-order valence-corrected chi connectivity index (χ4v) is 4.54. The van der Waals surface area contributed by atoms with Crippen LogP contribution in [0.1, 0.15) is 62.8 Å². The second-order valence-electron chi connectivity index (χ2n) is 6.31. The lowest BCUT2D eigenvalue weighted by molar-refractivity contribution is 0.0814. The Kier molecular flexibility index (Phi) is 6.06. The lowest BCUT2D eigenvalue weighted by Gasteiger charge is -2.46. The van der Waals surface area contributed by atoms with Gasteiger partial charge in [-0.25, -0.2) is 0 Å². The van der Waals surface area contributed by atoms with Crippen molar-refractivity contribution >= 4 is 11.3 Å². The fraction of sp³-hybridized carbons (Fsp3) is 0.765. The van der Waals surface area contributed by atoms with Crippen LogP contribution in [0.5, 0.6) is 0 Å². The molecule has 0 radical (unpaired) electrons. The van der Waals surface area contributed by atoms with E-state index in [-0.39, 0.29) is 5.54 Å². The molecular weight excluding hydrogens is 264 g/mol. The summed E-state index contributed by atoms with van der Waals surface area (Å²) in [5.74, 6) is 0. The average molecular weight is 295 g/mol. The molecule has 3 heteroatoms. The molecule has 1 heterocycles. The summed E-state index contributed by atoms with van der Waals surface area (Å²) in [6.07, 6.45) is 9.38. The maximum atomic E-state index is 3.86. The Hall–Kier alpha value is -0.380. The van der Waals surface area contributed by atoms with E-state index in [4.69, 9.17) is 0 Å². The maximum absolute atomic E-state index is 3.86. The van der Waals surface area contributed by atoms with Crippen molar-refractivity contribution in [3.63, 3.8) is 0 Å². The minimum atomic E-state index is 0.288. The Morgan fingerprint density at radius 1 is 1.25 bits per heavy atom. The van der Waals surface area contributed by atoms with Crippen molar-refractivity contribution in [2.24, 2.45) is 0 Å². The summed E-state index contributed by atoms with van der Waals surface area (Å²) >= 11 is 1.91. The number of hydrogen-bond donors (Lipinski definition) is 1. The number of hydrogen-bond acceptors (Lipinski definition) is 3. The molecule has 1 fully saturated rings. The summed E-state index contributed by atoms with van der Waals surface area (Å²) in [5.41, 5.74) is 0.288. The van der Waals surface area contributed by atoms with E-state index in [0.29, 0.717) is 6.04 Å². The first-order valence-corrected chi connectivity index (χ1v) is 9.03. The van der Waals surface area contributed by atoms with Crippen LogP contribution >= 0.6 is 11.3 Å². The smallest absolute Gasteiger partial charge is 0.0601 e. The highest BCUT2D eigenvalue weighted by atomic mass is 32.1. The van der Waals surface area contributed by atoms with Crippen molar-refractivity contribution in [3.8, 4) is 0 Å². The van der Waals surface area contributed by atoms with E-state index >= 15 is 0 Å². The number of rotatable bonds is 6. The number of nitrogens with zero attached hydrogens (tertiary/aromatic N) is 1. The van der Waals surface area contributed by atoms with Gasteiger partial charge in [-0.15, -0.1) is 11.3 Å². The van der Waals surface area contributed by atoms with E-state index in [1.54, 1.807) is 0 Å². The predicted octanol–water partition coefficient (Wildman–Crippen LogP) is 4.44. The number of nitrogens with one attached hydrogen (secondary N) is 1. The third-order valence-corrected chi connectivity index (χ3v) is 5.76. The first-order valence-electron chi connectivity index (χ1n) is 8.15. The Morgan fingerprint density at radius 2 is 1.95 bits per heavy atom. The minimum Gasteiger partial charge on any atom is -0.308 e. The molecule has 0 aromatic carbocycles. The summed E-state index contributed by atoms with van der Waals surface area (Å²) in [6.45, 7) is 3.37. The molecule has 0 saturated heterocycles. The summed E-state index contributed by atoms with van der Waals surface area (Å²) < 4.78 is 0. The fourth-order valence-electron chi connectivity index (χ4n) is 3.63. The number of likely N-dealkylation sites (N-methyl/N-ethyl adjacent to an activating group) is 1. The van der Waals surface area contributed by atoms with Gasteiger partial charge in [0.25, 0.3) is 0 Å². The summed E-state index contributed by atoms with van der Waals surface area (Å²) in [5, 5.41) is 6.08. The van der Waals surface area contributed by atoms with E-state index in [9.17, 15) is 0 Å². The molecule has 1 atom stereocenters. The molecule has 1 aliphatic carbocycles. The molecule has 0 amide bonds. The van der Waals surface area contributed by atoms with Gasteiger partial charge < -0.3 is 10.2 Å². The Bertz CT molecular complexity index is 364. The van der Waals surface area contributed by atoms with Crippen LogP contribution in [0.2, 0.25) is 0 Å². The van der Waals surface area contributed by atoms with Gasteiger partial charge in [-0.3, -0.25) is 0 Å². The molecule has 0 aliphatic heterocycles. The van der Waals surface area contributed by atoms with Crippen LogP contribution in [0.15, 0.2) is 17.5 Å². The van der Waals surface area contributed by atoms with Gasteiger partial charge in [-0.2, -0.15) is 0 Å². The Balaban J connectivity index is 2.30. The second-order valence-corrected chi connectivity index (χ2v) is 7.29. The van der Waals surface area contributed by atoms with Crippen molar-refractivity contribution in [2.45, 2.75) is 63.5 Å². The van der Waals surface area contributed by atoms with Gasteiger partial charge in [0.1, 0.15) is 0 Å². The van der Waals surface area contributed by atoms with Gasteiger partial charge >= 0.3 is 0 Å². The molecule has 0 spiro atoms. The summed E-state index contributed by atoms with van der Waals surface area (Å²) in [7, 11) is 4.55. The van der Waals surface area contributed by atoms with E-state index in [0.717, 1.165) is 6.54 Å². The zero-order valence-electron chi connectivity index (χ0n) is 13.3. The van der Waals surface area contributed by atoms with E-state index in [1.807, 2.05) is 11.3 Å². The normalized spacial score (nSPS) is 20.8. The highest BCUT2D eigenvalue weighted by Gasteiger charge is 2.41. The van der Waals surface area contributed by atoms with Crippen LogP contribution in [0.3, 0.4) is 0 Å². The van der Waals surface area contributed by atoms with Crippen molar-refractivity contribution in [1.29, 1.82) is 0 Å². The van der Waals surface area contributed by atoms with Gasteiger partial charge in [0, 0.05) is 10.4 Å². The SMILES string of the molecule is CCCNC(c1cccs1)C1(N(C)C)CCCCCC1. The average Bonchev–Trinajstić information content (AvgIpc) is 2.84. The number of thiophene rings is 1. The molecule has 2 rings (SSSR count). The molecule has 1 aliphatic rings. The standard InChI is InChI=1S/C17H30N2S/c1-4-13-18-16(15-10-9-14-20-15)17(19(2)3)11-7-5-6-8-12-17/h9-10,14,16,18H,4-8,11-13H2,1-3H3. The Morgan fingerprint density at radius 3 is 2.45 bits per heavy atom. The van der Waals surface area contributed by atoms with Crippen LogP contribution in [0, 0.1) is 0 Å². The van der Waals surface area contributed by atoms with Crippen molar-refractivity contribution in [1.82, 2.24) is 10.2 Å². The first kappa shape index (κ1) is 16.0. The van der Waals surface area contributed by atoms with Gasteiger partial charge in [0.05, 0.1) is 6.04 Å². The van der Waals surface area contributed by atoms with Crippen LogP contribution in [0.4, 0.5) is 0 Å². The molecule has 1 aromatic rings. The molecule has 114 valence electrons. The highest BCUT2D eigenvalue weighted by molar-refractivity contribution is 7.10. The highest BCUT2D eigenvalue weighted by Crippen LogP contribution is 2.42. The zero-order valence-corrected chi connectivity index (χ0v) is 14.1. The molecule has 1 aromatic heterocycles. The predicted molar refractivity (Wildman–Crippen MR) is 89.5 cm³/mol. The molecule has 20 heavy (non-hydrogen) atoms. The topological polar surface area (TPSA) is 15.3 Å². The lowest BCUT2D eigenvalue weighted by Crippen LogP contribution is -2.53. The lowest BCUT2D eigenvalue weighted by atomic mass is 9.80. The zero-order chi connectivity index (χ0) is 14.4. The first-order chi connectivity index (χ1) is 9.70. The molecule has 0 bridgehead atoms. The maximum Gasteiger partial charge on any atom is 0.0601 e.